The highest BCUT2D eigenvalue weighted by Gasteiger charge is 2.35. The van der Waals surface area contributed by atoms with Crippen molar-refractivity contribution < 1.29 is 4.74 Å². The lowest BCUT2D eigenvalue weighted by Gasteiger charge is -2.24. The van der Waals surface area contributed by atoms with Gasteiger partial charge in [0.25, 0.3) is 0 Å². The number of aryl methyl sites for hydroxylation is 1. The van der Waals surface area contributed by atoms with E-state index in [-0.39, 0.29) is 6.10 Å². The first-order valence-electron chi connectivity index (χ1n) is 7.74. The molecule has 0 spiro atoms. The first-order chi connectivity index (χ1) is 9.28. The zero-order chi connectivity index (χ0) is 13.2. The van der Waals surface area contributed by atoms with E-state index < -0.39 is 0 Å². The highest BCUT2D eigenvalue weighted by molar-refractivity contribution is 5.25. The number of benzene rings is 1. The third kappa shape index (κ3) is 2.70. The Morgan fingerprint density at radius 3 is 2.74 bits per heavy atom. The van der Waals surface area contributed by atoms with Gasteiger partial charge in [-0.05, 0) is 43.2 Å². The van der Waals surface area contributed by atoms with E-state index in [0.717, 1.165) is 18.9 Å². The summed E-state index contributed by atoms with van der Waals surface area (Å²) < 4.78 is 6.23. The maximum Gasteiger partial charge on any atom is 0.0975 e. The van der Waals surface area contributed by atoms with Gasteiger partial charge in [0.05, 0.1) is 12.7 Å². The van der Waals surface area contributed by atoms with Crippen LogP contribution >= 0.6 is 0 Å². The molecule has 1 aromatic rings. The van der Waals surface area contributed by atoms with Gasteiger partial charge in [0.15, 0.2) is 0 Å². The van der Waals surface area contributed by atoms with Crippen LogP contribution in [0, 0.1) is 5.92 Å². The largest absolute Gasteiger partial charge is 0.372 e. The van der Waals surface area contributed by atoms with E-state index in [1.54, 1.807) is 0 Å². The summed E-state index contributed by atoms with van der Waals surface area (Å²) in [7, 11) is 0. The lowest BCUT2D eigenvalue weighted by molar-refractivity contribution is 0.0307. The van der Waals surface area contributed by atoms with Gasteiger partial charge in [-0.3, -0.25) is 0 Å². The summed E-state index contributed by atoms with van der Waals surface area (Å²) in [4.78, 5) is 0. The number of hydrogen-bond acceptors (Lipinski definition) is 2. The monoisotopic (exact) mass is 259 g/mol. The van der Waals surface area contributed by atoms with Crippen LogP contribution in [0.15, 0.2) is 24.3 Å². The van der Waals surface area contributed by atoms with Crippen LogP contribution in [0.5, 0.6) is 0 Å². The molecule has 3 rings (SSSR count). The smallest absolute Gasteiger partial charge is 0.0975 e. The Morgan fingerprint density at radius 1 is 1.21 bits per heavy atom. The van der Waals surface area contributed by atoms with Gasteiger partial charge < -0.3 is 10.1 Å². The van der Waals surface area contributed by atoms with Gasteiger partial charge in [-0.1, -0.05) is 37.6 Å². The normalized spacial score (nSPS) is 34.8. The Hall–Kier alpha value is -0.860. The molecule has 1 aliphatic carbocycles. The fourth-order valence-electron chi connectivity index (χ4n) is 3.58. The Morgan fingerprint density at radius 2 is 2.00 bits per heavy atom. The molecule has 0 bridgehead atoms. The summed E-state index contributed by atoms with van der Waals surface area (Å²) in [6.45, 7) is 5.38. The molecule has 19 heavy (non-hydrogen) atoms. The minimum Gasteiger partial charge on any atom is -0.372 e. The zero-order valence-corrected chi connectivity index (χ0v) is 12.1. The van der Waals surface area contributed by atoms with E-state index in [1.807, 2.05) is 0 Å². The molecule has 1 N–H and O–H groups in total. The van der Waals surface area contributed by atoms with Crippen LogP contribution in [-0.2, 0) is 11.2 Å². The van der Waals surface area contributed by atoms with Crippen molar-refractivity contribution in [1.29, 1.82) is 0 Å². The molecule has 2 nitrogen and oxygen atoms in total. The number of hydrogen-bond donors (Lipinski definition) is 1. The Balaban J connectivity index is 1.75. The van der Waals surface area contributed by atoms with E-state index in [9.17, 15) is 0 Å². The van der Waals surface area contributed by atoms with Crippen LogP contribution in [0.4, 0.5) is 0 Å². The predicted molar refractivity (Wildman–Crippen MR) is 78.2 cm³/mol. The lowest BCUT2D eigenvalue weighted by Crippen LogP contribution is -2.39. The van der Waals surface area contributed by atoms with Gasteiger partial charge in [-0.15, -0.1) is 0 Å². The molecular weight excluding hydrogens is 234 g/mol. The highest BCUT2D eigenvalue weighted by atomic mass is 16.5. The Kier molecular flexibility index (Phi) is 3.90. The quantitative estimate of drug-likeness (QED) is 0.878. The molecule has 1 aliphatic heterocycles. The minimum absolute atomic E-state index is 0.205. The molecule has 4 unspecified atom stereocenters. The van der Waals surface area contributed by atoms with Crippen LogP contribution in [0.2, 0.25) is 0 Å². The molecule has 2 heteroatoms. The molecule has 1 heterocycles. The number of rotatable bonds is 2. The van der Waals surface area contributed by atoms with Crippen LogP contribution in [0.25, 0.3) is 0 Å². The van der Waals surface area contributed by atoms with Crippen molar-refractivity contribution in [2.24, 2.45) is 5.92 Å². The topological polar surface area (TPSA) is 21.3 Å². The van der Waals surface area contributed by atoms with Crippen LogP contribution in [-0.4, -0.2) is 18.7 Å². The molecule has 2 fully saturated rings. The standard InChI is InChI=1S/C17H25NO/c1-3-13-7-9-14(10-8-13)17-12(2)18-16-6-4-5-15(16)11-19-17/h7-10,12,15-18H,3-6,11H2,1-2H3. The van der Waals surface area contributed by atoms with Gasteiger partial charge >= 0.3 is 0 Å². The maximum absolute atomic E-state index is 6.23. The Bertz CT molecular complexity index is 414. The fraction of sp³-hybridized carbons (Fsp3) is 0.647. The average Bonchev–Trinajstić information content (AvgIpc) is 2.81. The van der Waals surface area contributed by atoms with E-state index in [4.69, 9.17) is 4.74 Å². The number of nitrogens with one attached hydrogen (secondary N) is 1. The molecule has 0 radical (unpaired) electrons. The minimum atomic E-state index is 0.205. The first kappa shape index (κ1) is 13.1. The molecule has 2 aliphatic rings. The molecule has 0 aromatic heterocycles. The fourth-order valence-corrected chi connectivity index (χ4v) is 3.58. The van der Waals surface area contributed by atoms with E-state index >= 15 is 0 Å². The van der Waals surface area contributed by atoms with E-state index in [2.05, 4.69) is 43.4 Å². The van der Waals surface area contributed by atoms with Gasteiger partial charge in [0, 0.05) is 12.1 Å². The van der Waals surface area contributed by atoms with Crippen molar-refractivity contribution in [2.75, 3.05) is 6.61 Å². The number of fused-ring (bicyclic) bond motifs is 1. The predicted octanol–water partition coefficient (Wildman–Crippen LogP) is 3.47. The highest BCUT2D eigenvalue weighted by Crippen LogP contribution is 2.33. The zero-order valence-electron chi connectivity index (χ0n) is 12.1. The summed E-state index contributed by atoms with van der Waals surface area (Å²) >= 11 is 0. The van der Waals surface area contributed by atoms with Crippen LogP contribution in [0.1, 0.15) is 50.3 Å². The van der Waals surface area contributed by atoms with Gasteiger partial charge in [0.2, 0.25) is 0 Å². The first-order valence-corrected chi connectivity index (χ1v) is 7.74. The summed E-state index contributed by atoms with van der Waals surface area (Å²) in [5, 5.41) is 3.79. The molecule has 1 saturated carbocycles. The SMILES string of the molecule is CCc1ccc(C2OCC3CCCC3NC2C)cc1. The third-order valence-corrected chi connectivity index (χ3v) is 4.80. The molecule has 4 atom stereocenters. The van der Waals surface area contributed by atoms with Gasteiger partial charge in [-0.25, -0.2) is 0 Å². The van der Waals surface area contributed by atoms with Crippen molar-refractivity contribution in [3.8, 4) is 0 Å². The summed E-state index contributed by atoms with van der Waals surface area (Å²) in [5.41, 5.74) is 2.71. The lowest BCUT2D eigenvalue weighted by atomic mass is 10.0. The molecule has 1 aromatic carbocycles. The second kappa shape index (κ2) is 5.64. The van der Waals surface area contributed by atoms with Crippen LogP contribution < -0.4 is 5.32 Å². The summed E-state index contributed by atoms with van der Waals surface area (Å²) in [6.07, 6.45) is 5.31. The van der Waals surface area contributed by atoms with Gasteiger partial charge in [0.1, 0.15) is 0 Å². The average molecular weight is 259 g/mol. The third-order valence-electron chi connectivity index (χ3n) is 4.80. The van der Waals surface area contributed by atoms with Crippen LogP contribution in [0.3, 0.4) is 0 Å². The van der Waals surface area contributed by atoms with E-state index in [1.165, 1.54) is 30.4 Å². The van der Waals surface area contributed by atoms with Crippen molar-refractivity contribution in [1.82, 2.24) is 5.32 Å². The Labute approximate surface area is 116 Å². The van der Waals surface area contributed by atoms with Gasteiger partial charge in [-0.2, -0.15) is 0 Å². The summed E-state index contributed by atoms with van der Waals surface area (Å²) in [5.74, 6) is 0.724. The molecule has 0 amide bonds. The molecule has 104 valence electrons. The maximum atomic E-state index is 6.23. The van der Waals surface area contributed by atoms with E-state index in [0.29, 0.717) is 12.1 Å². The number of ether oxygens (including phenoxy) is 1. The summed E-state index contributed by atoms with van der Waals surface area (Å²) in [6, 6.07) is 10.0. The second-order valence-electron chi connectivity index (χ2n) is 6.10. The molecular formula is C17H25NO. The second-order valence-corrected chi connectivity index (χ2v) is 6.10. The van der Waals surface area contributed by atoms with Crippen molar-refractivity contribution >= 4 is 0 Å². The molecule has 1 saturated heterocycles. The van der Waals surface area contributed by atoms with Crippen molar-refractivity contribution in [3.05, 3.63) is 35.4 Å². The van der Waals surface area contributed by atoms with Crippen molar-refractivity contribution in [2.45, 2.75) is 57.7 Å². The van der Waals surface area contributed by atoms with Crippen molar-refractivity contribution in [3.63, 3.8) is 0 Å².